The summed E-state index contributed by atoms with van der Waals surface area (Å²) in [4.78, 5) is 5.23. The zero-order chi connectivity index (χ0) is 9.80. The van der Waals surface area contributed by atoms with Crippen molar-refractivity contribution < 1.29 is 14.4 Å². The molecule has 0 saturated carbocycles. The van der Waals surface area contributed by atoms with Crippen molar-refractivity contribution in [2.45, 2.75) is 6.10 Å². The summed E-state index contributed by atoms with van der Waals surface area (Å²) >= 11 is 0. The first-order valence-electron chi connectivity index (χ1n) is 4.33. The van der Waals surface area contributed by atoms with Crippen LogP contribution in [-0.2, 0) is 9.57 Å². The highest BCUT2D eigenvalue weighted by molar-refractivity contribution is 5.27. The minimum atomic E-state index is 0.114. The molecule has 5 heteroatoms. The van der Waals surface area contributed by atoms with Crippen LogP contribution in [0.4, 0.5) is 5.69 Å². The Kier molecular flexibility index (Phi) is 2.60. The van der Waals surface area contributed by atoms with E-state index in [0.717, 1.165) is 0 Å². The van der Waals surface area contributed by atoms with Gasteiger partial charge in [-0.05, 0) is 4.86 Å². The maximum absolute atomic E-state index is 11.2. The quantitative estimate of drug-likeness (QED) is 0.316. The van der Waals surface area contributed by atoms with Gasteiger partial charge in [-0.3, -0.25) is 0 Å². The highest BCUT2D eigenvalue weighted by Gasteiger charge is 2.23. The van der Waals surface area contributed by atoms with Gasteiger partial charge in [-0.25, -0.2) is 0 Å². The Bertz CT molecular complexity index is 322. The Hall–Kier alpha value is -1.62. The van der Waals surface area contributed by atoms with Gasteiger partial charge in [0, 0.05) is 12.1 Å². The fourth-order valence-electron chi connectivity index (χ4n) is 0.936. The Labute approximate surface area is 81.1 Å². The summed E-state index contributed by atoms with van der Waals surface area (Å²) in [6.45, 7) is 1.03. The molecule has 74 valence electrons. The SMILES string of the molecule is [O-]/[N+](=N\OCC1CO1)c1ccccc1. The van der Waals surface area contributed by atoms with Crippen molar-refractivity contribution in [1.29, 1.82) is 0 Å². The van der Waals surface area contributed by atoms with Crippen LogP contribution in [0, 0.1) is 5.21 Å². The molecule has 1 aromatic rings. The second kappa shape index (κ2) is 4.06. The topological polar surface area (TPSA) is 60.2 Å². The lowest BCUT2D eigenvalue weighted by Crippen LogP contribution is -1.99. The van der Waals surface area contributed by atoms with Gasteiger partial charge >= 0.3 is 0 Å². The summed E-state index contributed by atoms with van der Waals surface area (Å²) in [5.74, 6) is 0. The van der Waals surface area contributed by atoms with Gasteiger partial charge in [-0.2, -0.15) is 0 Å². The molecule has 0 aliphatic carbocycles. The van der Waals surface area contributed by atoms with E-state index in [9.17, 15) is 5.21 Å². The summed E-state index contributed by atoms with van der Waals surface area (Å²) in [7, 11) is 0. The largest absolute Gasteiger partial charge is 0.592 e. The summed E-state index contributed by atoms with van der Waals surface area (Å²) in [6.07, 6.45) is 0.114. The van der Waals surface area contributed by atoms with Crippen molar-refractivity contribution in [3.63, 3.8) is 0 Å². The molecule has 14 heavy (non-hydrogen) atoms. The molecule has 2 rings (SSSR count). The number of nitrogens with zero attached hydrogens (tertiary/aromatic N) is 2. The van der Waals surface area contributed by atoms with Crippen LogP contribution >= 0.6 is 0 Å². The number of rotatable bonds is 4. The molecule has 0 aromatic heterocycles. The number of benzene rings is 1. The first-order chi connectivity index (χ1) is 6.86. The first kappa shape index (κ1) is 8.96. The third-order valence-corrected chi connectivity index (χ3v) is 1.77. The predicted molar refractivity (Wildman–Crippen MR) is 47.8 cm³/mol. The maximum atomic E-state index is 11.2. The minimum Gasteiger partial charge on any atom is -0.592 e. The lowest BCUT2D eigenvalue weighted by molar-refractivity contribution is -0.478. The predicted octanol–water partition coefficient (Wildman–Crippen LogP) is 1.61. The highest BCUT2D eigenvalue weighted by atomic mass is 16.7. The normalized spacial score (nSPS) is 20.6. The van der Waals surface area contributed by atoms with Gasteiger partial charge in [0.05, 0.1) is 6.61 Å². The second-order valence-electron chi connectivity index (χ2n) is 2.94. The Balaban J connectivity index is 1.89. The molecule has 1 fully saturated rings. The number of epoxide rings is 1. The van der Waals surface area contributed by atoms with Crippen LogP contribution in [0.25, 0.3) is 0 Å². The molecule has 1 unspecified atom stereocenters. The van der Waals surface area contributed by atoms with E-state index in [-0.39, 0.29) is 6.10 Å². The fraction of sp³-hybridized carbons (Fsp3) is 0.333. The Morgan fingerprint density at radius 2 is 2.21 bits per heavy atom. The van der Waals surface area contributed by atoms with Gasteiger partial charge < -0.3 is 14.8 Å². The molecule has 1 aromatic carbocycles. The molecular weight excluding hydrogens is 184 g/mol. The van der Waals surface area contributed by atoms with Gasteiger partial charge in [0.15, 0.2) is 6.61 Å². The van der Waals surface area contributed by atoms with E-state index >= 15 is 0 Å². The molecule has 0 radical (unpaired) electrons. The van der Waals surface area contributed by atoms with Crippen LogP contribution < -0.4 is 0 Å². The molecule has 0 spiro atoms. The van der Waals surface area contributed by atoms with Crippen LogP contribution in [0.5, 0.6) is 0 Å². The fourth-order valence-corrected chi connectivity index (χ4v) is 0.936. The third-order valence-electron chi connectivity index (χ3n) is 1.77. The first-order valence-corrected chi connectivity index (χ1v) is 4.33. The van der Waals surface area contributed by atoms with Crippen molar-refractivity contribution in [3.8, 4) is 0 Å². The number of ether oxygens (including phenoxy) is 1. The maximum Gasteiger partial charge on any atom is 0.248 e. The number of hydrogen-bond donors (Lipinski definition) is 0. The molecule has 1 saturated heterocycles. The average molecular weight is 194 g/mol. The van der Waals surface area contributed by atoms with E-state index in [0.29, 0.717) is 23.8 Å². The molecule has 1 aliphatic heterocycles. The van der Waals surface area contributed by atoms with E-state index in [2.05, 4.69) is 5.28 Å². The molecular formula is C9H10N2O3. The van der Waals surface area contributed by atoms with Gasteiger partial charge in [0.25, 0.3) is 0 Å². The minimum absolute atomic E-state index is 0.114. The lowest BCUT2D eigenvalue weighted by atomic mass is 10.3. The average Bonchev–Trinajstić information content (AvgIpc) is 3.03. The molecule has 1 heterocycles. The highest BCUT2D eigenvalue weighted by Crippen LogP contribution is 2.11. The Morgan fingerprint density at radius 1 is 1.50 bits per heavy atom. The van der Waals surface area contributed by atoms with Gasteiger partial charge in [-0.15, -0.1) is 0 Å². The van der Waals surface area contributed by atoms with Crippen LogP contribution in [0.2, 0.25) is 0 Å². The molecule has 0 amide bonds. The van der Waals surface area contributed by atoms with Gasteiger partial charge in [-0.1, -0.05) is 18.2 Å². The van der Waals surface area contributed by atoms with Crippen molar-refractivity contribution >= 4 is 5.69 Å². The summed E-state index contributed by atoms with van der Waals surface area (Å²) < 4.78 is 4.89. The van der Waals surface area contributed by atoms with E-state index in [1.807, 2.05) is 6.07 Å². The van der Waals surface area contributed by atoms with E-state index < -0.39 is 0 Å². The molecule has 0 N–H and O–H groups in total. The van der Waals surface area contributed by atoms with E-state index in [1.165, 1.54) is 0 Å². The monoisotopic (exact) mass is 194 g/mol. The van der Waals surface area contributed by atoms with Crippen LogP contribution in [0.15, 0.2) is 35.6 Å². The lowest BCUT2D eigenvalue weighted by Gasteiger charge is -1.97. The molecule has 1 atom stereocenters. The summed E-state index contributed by atoms with van der Waals surface area (Å²) in [6, 6.07) is 8.68. The second-order valence-corrected chi connectivity index (χ2v) is 2.94. The van der Waals surface area contributed by atoms with E-state index in [4.69, 9.17) is 9.57 Å². The zero-order valence-corrected chi connectivity index (χ0v) is 7.50. The summed E-state index contributed by atoms with van der Waals surface area (Å²) in [5.41, 5.74) is 0.448. The van der Waals surface area contributed by atoms with Gasteiger partial charge in [0.1, 0.15) is 6.10 Å². The zero-order valence-electron chi connectivity index (χ0n) is 7.50. The Morgan fingerprint density at radius 3 is 2.86 bits per heavy atom. The van der Waals surface area contributed by atoms with E-state index in [1.54, 1.807) is 24.3 Å². The standard InChI is InChI=1S/C9H10N2O3/c12-11(8-4-2-1-3-5-8)10-14-7-9-6-13-9/h1-5,9H,6-7H2/b11-10-. The molecule has 5 nitrogen and oxygen atoms in total. The third kappa shape index (κ3) is 2.43. The van der Waals surface area contributed by atoms with Crippen molar-refractivity contribution in [1.82, 2.24) is 0 Å². The summed E-state index contributed by atoms with van der Waals surface area (Å²) in [5, 5.41) is 14.6. The van der Waals surface area contributed by atoms with Crippen molar-refractivity contribution in [2.24, 2.45) is 5.28 Å². The van der Waals surface area contributed by atoms with Crippen molar-refractivity contribution in [3.05, 3.63) is 35.5 Å². The smallest absolute Gasteiger partial charge is 0.248 e. The van der Waals surface area contributed by atoms with Crippen molar-refractivity contribution in [2.75, 3.05) is 13.2 Å². The van der Waals surface area contributed by atoms with Gasteiger partial charge in [0.2, 0.25) is 11.0 Å². The molecule has 0 bridgehead atoms. The van der Waals surface area contributed by atoms with Crippen LogP contribution in [-0.4, -0.2) is 24.2 Å². The number of hydrogen-bond acceptors (Lipinski definition) is 4. The van der Waals surface area contributed by atoms with Crippen LogP contribution in [0.3, 0.4) is 0 Å². The molecule has 1 aliphatic rings. The number of para-hydroxylation sites is 1. The van der Waals surface area contributed by atoms with Crippen LogP contribution in [0.1, 0.15) is 0 Å².